The number of carbonyl (C=O) groups excluding carboxylic acids is 1. The second-order valence-corrected chi connectivity index (χ2v) is 11.5. The van der Waals surface area contributed by atoms with Gasteiger partial charge in [0.2, 0.25) is 10.0 Å². The Bertz CT molecular complexity index is 1220. The van der Waals surface area contributed by atoms with E-state index < -0.39 is 10.0 Å². The largest absolute Gasteiger partial charge is 0.377 e. The number of para-hydroxylation sites is 1. The van der Waals surface area contributed by atoms with Crippen molar-refractivity contribution in [2.75, 3.05) is 26.2 Å². The van der Waals surface area contributed by atoms with Gasteiger partial charge in [-0.1, -0.05) is 18.2 Å². The minimum absolute atomic E-state index is 0.0858. The van der Waals surface area contributed by atoms with Crippen LogP contribution >= 0.6 is 11.3 Å². The third-order valence-electron chi connectivity index (χ3n) is 6.28. The van der Waals surface area contributed by atoms with Crippen LogP contribution in [-0.4, -0.2) is 56.6 Å². The Kier molecular flexibility index (Phi) is 6.47. The van der Waals surface area contributed by atoms with Crippen LogP contribution in [0.3, 0.4) is 0 Å². The Labute approximate surface area is 197 Å². The molecule has 1 amide bonds. The molecule has 2 fully saturated rings. The minimum Gasteiger partial charge on any atom is -0.377 e. The van der Waals surface area contributed by atoms with Crippen molar-refractivity contribution < 1.29 is 17.9 Å². The average Bonchev–Trinajstić information content (AvgIpc) is 3.52. The Balaban J connectivity index is 1.29. The van der Waals surface area contributed by atoms with E-state index in [2.05, 4.69) is 10.8 Å². The number of hydrogen-bond acceptors (Lipinski definition) is 6. The van der Waals surface area contributed by atoms with Gasteiger partial charge in [-0.3, -0.25) is 4.79 Å². The van der Waals surface area contributed by atoms with Crippen molar-refractivity contribution in [3.05, 3.63) is 59.1 Å². The third kappa shape index (κ3) is 4.96. The van der Waals surface area contributed by atoms with E-state index in [0.717, 1.165) is 40.9 Å². The van der Waals surface area contributed by atoms with Crippen molar-refractivity contribution in [2.24, 2.45) is 0 Å². The molecule has 2 aliphatic rings. The normalized spacial score (nSPS) is 21.5. The van der Waals surface area contributed by atoms with Gasteiger partial charge in [-0.15, -0.1) is 11.3 Å². The fourth-order valence-electron chi connectivity index (χ4n) is 4.50. The van der Waals surface area contributed by atoms with E-state index in [1.165, 1.54) is 12.1 Å². The van der Waals surface area contributed by atoms with Gasteiger partial charge in [-0.05, 0) is 56.0 Å². The van der Waals surface area contributed by atoms with E-state index in [0.29, 0.717) is 25.3 Å². The van der Waals surface area contributed by atoms with Crippen molar-refractivity contribution >= 4 is 37.5 Å². The van der Waals surface area contributed by atoms with E-state index in [4.69, 9.17) is 9.72 Å². The summed E-state index contributed by atoms with van der Waals surface area (Å²) in [6.45, 7) is 2.17. The number of thiazole rings is 1. The highest BCUT2D eigenvalue weighted by Gasteiger charge is 2.28. The summed E-state index contributed by atoms with van der Waals surface area (Å²) in [7, 11) is -3.71. The van der Waals surface area contributed by atoms with Gasteiger partial charge in [0.05, 0.1) is 26.2 Å². The fourth-order valence-corrected chi connectivity index (χ4v) is 6.70. The van der Waals surface area contributed by atoms with E-state index in [9.17, 15) is 13.2 Å². The van der Waals surface area contributed by atoms with Crippen molar-refractivity contribution in [1.82, 2.24) is 14.6 Å². The Hall–Kier alpha value is -2.33. The molecule has 1 aromatic heterocycles. The number of carbonyl (C=O) groups is 1. The van der Waals surface area contributed by atoms with E-state index in [1.807, 2.05) is 23.1 Å². The van der Waals surface area contributed by atoms with Crippen molar-refractivity contribution in [3.8, 4) is 0 Å². The highest BCUT2D eigenvalue weighted by atomic mass is 32.2. The van der Waals surface area contributed by atoms with Crippen molar-refractivity contribution in [1.29, 1.82) is 0 Å². The van der Waals surface area contributed by atoms with Crippen LogP contribution in [0.5, 0.6) is 0 Å². The molecule has 1 N–H and O–H groups in total. The standard InChI is InChI=1S/C24H27N3O4S2/c28-24(17-6-3-9-20(14-17)33(29,30)25-15-19-8-5-13-31-19)27-12-4-7-18(16-27)23-26-21-10-1-2-11-22(21)32-23/h1-3,6,9-11,14,18-19,25H,4-5,7-8,12-13,15-16H2/t18-,19-/m1/s1. The summed E-state index contributed by atoms with van der Waals surface area (Å²) in [5.74, 6) is 0.0529. The van der Waals surface area contributed by atoms with Crippen LogP contribution in [-0.2, 0) is 14.8 Å². The molecule has 0 unspecified atom stereocenters. The number of rotatable bonds is 6. The number of nitrogens with one attached hydrogen (secondary N) is 1. The number of benzene rings is 2. The Morgan fingerprint density at radius 2 is 2.03 bits per heavy atom. The number of aromatic nitrogens is 1. The van der Waals surface area contributed by atoms with Crippen molar-refractivity contribution in [3.63, 3.8) is 0 Å². The lowest BCUT2D eigenvalue weighted by Crippen LogP contribution is -2.39. The molecule has 0 spiro atoms. The maximum Gasteiger partial charge on any atom is 0.253 e. The fraction of sp³-hybridized carbons (Fsp3) is 0.417. The van der Waals surface area contributed by atoms with E-state index in [-0.39, 0.29) is 29.4 Å². The zero-order chi connectivity index (χ0) is 22.8. The summed E-state index contributed by atoms with van der Waals surface area (Å²) in [5, 5.41) is 1.06. The molecular weight excluding hydrogens is 458 g/mol. The lowest BCUT2D eigenvalue weighted by Gasteiger charge is -2.32. The van der Waals surface area contributed by atoms with Gasteiger partial charge in [-0.2, -0.15) is 0 Å². The zero-order valence-corrected chi connectivity index (χ0v) is 19.9. The molecule has 7 nitrogen and oxygen atoms in total. The van der Waals surface area contributed by atoms with Crippen LogP contribution in [0, 0.1) is 0 Å². The molecule has 0 saturated carbocycles. The smallest absolute Gasteiger partial charge is 0.253 e. The number of hydrogen-bond donors (Lipinski definition) is 1. The highest BCUT2D eigenvalue weighted by molar-refractivity contribution is 7.89. The van der Waals surface area contributed by atoms with E-state index in [1.54, 1.807) is 23.5 Å². The van der Waals surface area contributed by atoms with Crippen LogP contribution in [0.1, 0.15) is 47.0 Å². The maximum atomic E-state index is 13.3. The molecular formula is C24H27N3O4S2. The van der Waals surface area contributed by atoms with Gasteiger partial charge in [-0.25, -0.2) is 18.1 Å². The second-order valence-electron chi connectivity index (χ2n) is 8.62. The zero-order valence-electron chi connectivity index (χ0n) is 18.3. The number of likely N-dealkylation sites (tertiary alicyclic amines) is 1. The summed E-state index contributed by atoms with van der Waals surface area (Å²) in [4.78, 5) is 20.0. The summed E-state index contributed by atoms with van der Waals surface area (Å²) in [5.41, 5.74) is 1.38. The van der Waals surface area contributed by atoms with Gasteiger partial charge in [0, 0.05) is 37.7 Å². The first-order chi connectivity index (χ1) is 16.0. The molecule has 3 aromatic rings. The van der Waals surface area contributed by atoms with Gasteiger partial charge in [0.15, 0.2) is 0 Å². The molecule has 0 aliphatic carbocycles. The van der Waals surface area contributed by atoms with Gasteiger partial charge in [0.25, 0.3) is 5.91 Å². The average molecular weight is 486 g/mol. The molecule has 3 heterocycles. The molecule has 9 heteroatoms. The molecule has 174 valence electrons. The van der Waals surface area contributed by atoms with Crippen LogP contribution in [0.15, 0.2) is 53.4 Å². The first-order valence-electron chi connectivity index (χ1n) is 11.4. The molecule has 5 rings (SSSR count). The second kappa shape index (κ2) is 9.50. The topological polar surface area (TPSA) is 88.6 Å². The summed E-state index contributed by atoms with van der Waals surface area (Å²) in [6.07, 6.45) is 3.60. The Morgan fingerprint density at radius 1 is 1.15 bits per heavy atom. The van der Waals surface area contributed by atoms with Crippen LogP contribution in [0.4, 0.5) is 0 Å². The number of sulfonamides is 1. The van der Waals surface area contributed by atoms with Gasteiger partial charge in [0.1, 0.15) is 0 Å². The summed E-state index contributed by atoms with van der Waals surface area (Å²) >= 11 is 1.69. The molecule has 2 aliphatic heterocycles. The molecule has 2 atom stereocenters. The molecule has 0 radical (unpaired) electrons. The number of amides is 1. The van der Waals surface area contributed by atoms with E-state index >= 15 is 0 Å². The Morgan fingerprint density at radius 3 is 2.85 bits per heavy atom. The number of piperidine rings is 1. The predicted octanol–water partition coefficient (Wildman–Crippen LogP) is 3.77. The van der Waals surface area contributed by atoms with Gasteiger partial charge < -0.3 is 9.64 Å². The molecule has 0 bridgehead atoms. The third-order valence-corrected chi connectivity index (χ3v) is 8.90. The number of ether oxygens (including phenoxy) is 1. The summed E-state index contributed by atoms with van der Waals surface area (Å²) in [6, 6.07) is 14.4. The SMILES string of the molecule is O=C(c1cccc(S(=O)(=O)NC[C@H]2CCCO2)c1)N1CCC[C@@H](c2nc3ccccc3s2)C1. The van der Waals surface area contributed by atoms with Gasteiger partial charge >= 0.3 is 0 Å². The highest BCUT2D eigenvalue weighted by Crippen LogP contribution is 2.33. The number of nitrogens with zero attached hydrogens (tertiary/aromatic N) is 2. The first-order valence-corrected chi connectivity index (χ1v) is 13.7. The van der Waals surface area contributed by atoms with Crippen LogP contribution in [0.2, 0.25) is 0 Å². The van der Waals surface area contributed by atoms with Crippen molar-refractivity contribution in [2.45, 2.75) is 42.6 Å². The quantitative estimate of drug-likeness (QED) is 0.574. The molecule has 2 saturated heterocycles. The monoisotopic (exact) mass is 485 g/mol. The number of fused-ring (bicyclic) bond motifs is 1. The minimum atomic E-state index is -3.71. The van der Waals surface area contributed by atoms with Crippen LogP contribution in [0.25, 0.3) is 10.2 Å². The lowest BCUT2D eigenvalue weighted by molar-refractivity contribution is 0.0707. The first kappa shape index (κ1) is 22.5. The summed E-state index contributed by atoms with van der Waals surface area (Å²) < 4.78 is 34.8. The molecule has 33 heavy (non-hydrogen) atoms. The maximum absolute atomic E-state index is 13.3. The molecule has 2 aromatic carbocycles. The lowest BCUT2D eigenvalue weighted by atomic mass is 9.98. The predicted molar refractivity (Wildman–Crippen MR) is 128 cm³/mol. The van der Waals surface area contributed by atoms with Crippen LogP contribution < -0.4 is 4.72 Å².